The maximum Gasteiger partial charge on any atom is 0.124 e. The fraction of sp³-hybridized carbons (Fsp3) is 0.538. The summed E-state index contributed by atoms with van der Waals surface area (Å²) in [6.07, 6.45) is 0.649. The van der Waals surface area contributed by atoms with Gasteiger partial charge in [-0.1, -0.05) is 12.1 Å². The largest absolute Gasteiger partial charge is 0.496 e. The van der Waals surface area contributed by atoms with Crippen molar-refractivity contribution in [2.24, 2.45) is 5.73 Å². The minimum Gasteiger partial charge on any atom is -0.496 e. The summed E-state index contributed by atoms with van der Waals surface area (Å²) < 4.78 is 17.2. The Balaban J connectivity index is 2.98. The summed E-state index contributed by atoms with van der Waals surface area (Å²) in [5.41, 5.74) is 9.27. The number of rotatable bonds is 4. The third-order valence-corrected chi connectivity index (χ3v) is 4.75. The molecule has 0 aliphatic rings. The monoisotopic (exact) mass is 255 g/mol. The minimum atomic E-state index is -2.22. The van der Waals surface area contributed by atoms with E-state index in [1.807, 2.05) is 13.8 Å². The molecule has 0 aromatic heterocycles. The Kier molecular flexibility index (Phi) is 4.40. The van der Waals surface area contributed by atoms with E-state index in [-0.39, 0.29) is 5.78 Å². The van der Waals surface area contributed by atoms with E-state index < -0.39 is 7.14 Å². The third-order valence-electron chi connectivity index (χ3n) is 2.97. The van der Waals surface area contributed by atoms with Gasteiger partial charge >= 0.3 is 0 Å². The summed E-state index contributed by atoms with van der Waals surface area (Å²) in [6.45, 7) is 7.50. The lowest BCUT2D eigenvalue weighted by Crippen LogP contribution is -2.22. The summed E-state index contributed by atoms with van der Waals surface area (Å²) in [4.78, 5) is 0. The second-order valence-corrected chi connectivity index (χ2v) is 8.50. The summed E-state index contributed by atoms with van der Waals surface area (Å²) in [5, 5.41) is 0. The molecule has 2 N–H and O–H groups in total. The van der Waals surface area contributed by atoms with E-state index in [0.717, 1.165) is 22.4 Å². The molecule has 0 bridgehead atoms. The molecule has 0 aliphatic carbocycles. The summed E-state index contributed by atoms with van der Waals surface area (Å²) in [5.74, 6) is 0.646. The van der Waals surface area contributed by atoms with Crippen molar-refractivity contribution in [1.82, 2.24) is 0 Å². The standard InChI is InChI=1S/C13H22NO2P/c1-9-6-11(7-10(2)13(9)16-3)8-12(14)17(4,5)15/h6-7,12H,8,14H2,1-5H3. The molecule has 0 radical (unpaired) electrons. The van der Waals surface area contributed by atoms with E-state index in [9.17, 15) is 4.57 Å². The van der Waals surface area contributed by atoms with Crippen LogP contribution in [0.1, 0.15) is 16.7 Å². The van der Waals surface area contributed by atoms with Gasteiger partial charge in [0.2, 0.25) is 0 Å². The molecule has 0 spiro atoms. The lowest BCUT2D eigenvalue weighted by molar-refractivity contribution is 0.408. The zero-order chi connectivity index (χ0) is 13.2. The van der Waals surface area contributed by atoms with Gasteiger partial charge in [0.25, 0.3) is 0 Å². The molecule has 1 atom stereocenters. The van der Waals surface area contributed by atoms with E-state index in [1.165, 1.54) is 0 Å². The molecule has 96 valence electrons. The number of benzene rings is 1. The SMILES string of the molecule is COc1c(C)cc(CC(N)P(C)(C)=O)cc1C. The second kappa shape index (κ2) is 5.24. The van der Waals surface area contributed by atoms with E-state index in [1.54, 1.807) is 20.4 Å². The second-order valence-electron chi connectivity index (χ2n) is 4.97. The van der Waals surface area contributed by atoms with Crippen LogP contribution in [-0.4, -0.2) is 26.2 Å². The van der Waals surface area contributed by atoms with Gasteiger partial charge in [-0.05, 0) is 50.3 Å². The fourth-order valence-corrected chi connectivity index (χ4v) is 2.59. The highest BCUT2D eigenvalue weighted by molar-refractivity contribution is 7.63. The van der Waals surface area contributed by atoms with Gasteiger partial charge in [-0.3, -0.25) is 0 Å². The number of ether oxygens (including phenoxy) is 1. The Morgan fingerprint density at radius 1 is 1.29 bits per heavy atom. The van der Waals surface area contributed by atoms with Crippen LogP contribution in [-0.2, 0) is 11.0 Å². The molecule has 1 rings (SSSR count). The van der Waals surface area contributed by atoms with Crippen LogP contribution < -0.4 is 10.5 Å². The topological polar surface area (TPSA) is 52.3 Å². The average molecular weight is 255 g/mol. The maximum atomic E-state index is 11.9. The van der Waals surface area contributed by atoms with Gasteiger partial charge < -0.3 is 15.0 Å². The van der Waals surface area contributed by atoms with Crippen molar-refractivity contribution in [3.63, 3.8) is 0 Å². The van der Waals surface area contributed by atoms with Crippen LogP contribution in [0.3, 0.4) is 0 Å². The molecule has 0 amide bonds. The highest BCUT2D eigenvalue weighted by atomic mass is 31.2. The molecule has 17 heavy (non-hydrogen) atoms. The normalized spacial score (nSPS) is 13.5. The van der Waals surface area contributed by atoms with E-state index >= 15 is 0 Å². The van der Waals surface area contributed by atoms with Crippen molar-refractivity contribution in [3.05, 3.63) is 28.8 Å². The molecule has 1 aromatic carbocycles. The first kappa shape index (κ1) is 14.3. The summed E-state index contributed by atoms with van der Waals surface area (Å²) in [7, 11) is -0.551. The van der Waals surface area contributed by atoms with Gasteiger partial charge in [-0.25, -0.2) is 0 Å². The summed E-state index contributed by atoms with van der Waals surface area (Å²) >= 11 is 0. The average Bonchev–Trinajstić information content (AvgIpc) is 2.15. The minimum absolute atomic E-state index is 0.269. The number of hydrogen-bond donors (Lipinski definition) is 1. The van der Waals surface area contributed by atoms with Gasteiger partial charge in [0, 0.05) is 0 Å². The molecule has 3 nitrogen and oxygen atoms in total. The Morgan fingerprint density at radius 3 is 2.12 bits per heavy atom. The van der Waals surface area contributed by atoms with Crippen LogP contribution in [0.2, 0.25) is 0 Å². The van der Waals surface area contributed by atoms with Gasteiger partial charge in [-0.2, -0.15) is 0 Å². The molecule has 0 aliphatic heterocycles. The lowest BCUT2D eigenvalue weighted by Gasteiger charge is -2.18. The zero-order valence-corrected chi connectivity index (χ0v) is 12.2. The van der Waals surface area contributed by atoms with Crippen LogP contribution in [0, 0.1) is 13.8 Å². The van der Waals surface area contributed by atoms with Gasteiger partial charge in [0.15, 0.2) is 0 Å². The van der Waals surface area contributed by atoms with E-state index in [4.69, 9.17) is 10.5 Å². The number of aryl methyl sites for hydroxylation is 2. The highest BCUT2D eigenvalue weighted by Gasteiger charge is 2.19. The van der Waals surface area contributed by atoms with Crippen LogP contribution >= 0.6 is 7.14 Å². The smallest absolute Gasteiger partial charge is 0.124 e. The predicted molar refractivity (Wildman–Crippen MR) is 73.6 cm³/mol. The van der Waals surface area contributed by atoms with Gasteiger partial charge in [0.1, 0.15) is 5.75 Å². The van der Waals surface area contributed by atoms with Crippen molar-refractivity contribution in [2.75, 3.05) is 20.4 Å². The van der Waals surface area contributed by atoms with Crippen molar-refractivity contribution in [1.29, 1.82) is 0 Å². The zero-order valence-electron chi connectivity index (χ0n) is 11.3. The lowest BCUT2D eigenvalue weighted by atomic mass is 10.0. The van der Waals surface area contributed by atoms with Crippen molar-refractivity contribution >= 4 is 7.14 Å². The maximum absolute atomic E-state index is 11.9. The van der Waals surface area contributed by atoms with Gasteiger partial charge in [0.05, 0.1) is 20.0 Å². The van der Waals surface area contributed by atoms with Crippen molar-refractivity contribution in [2.45, 2.75) is 26.1 Å². The van der Waals surface area contributed by atoms with Crippen LogP contribution in [0.15, 0.2) is 12.1 Å². The van der Waals surface area contributed by atoms with Crippen molar-refractivity contribution < 1.29 is 9.30 Å². The molecule has 0 heterocycles. The molecule has 0 saturated carbocycles. The quantitative estimate of drug-likeness (QED) is 0.842. The van der Waals surface area contributed by atoms with Gasteiger partial charge in [-0.15, -0.1) is 0 Å². The fourth-order valence-electron chi connectivity index (χ4n) is 1.94. The first-order valence-corrected chi connectivity index (χ1v) is 8.37. The van der Waals surface area contributed by atoms with E-state index in [0.29, 0.717) is 6.42 Å². The Hall–Kier alpha value is -0.790. The molecule has 4 heteroatoms. The first-order valence-electron chi connectivity index (χ1n) is 5.70. The number of nitrogens with two attached hydrogens (primary N) is 1. The Bertz CT molecular complexity index is 428. The Labute approximate surface area is 104 Å². The summed E-state index contributed by atoms with van der Waals surface area (Å²) in [6, 6.07) is 4.11. The number of methoxy groups -OCH3 is 1. The van der Waals surface area contributed by atoms with Crippen LogP contribution in [0.25, 0.3) is 0 Å². The molecular weight excluding hydrogens is 233 g/mol. The first-order chi connectivity index (χ1) is 7.75. The third kappa shape index (κ3) is 3.58. The Morgan fingerprint density at radius 2 is 1.76 bits per heavy atom. The molecule has 0 saturated heterocycles. The van der Waals surface area contributed by atoms with E-state index in [2.05, 4.69) is 12.1 Å². The molecule has 1 unspecified atom stereocenters. The number of hydrogen-bond acceptors (Lipinski definition) is 3. The van der Waals surface area contributed by atoms with Crippen LogP contribution in [0.5, 0.6) is 5.75 Å². The molecular formula is C13H22NO2P. The molecule has 1 aromatic rings. The highest BCUT2D eigenvalue weighted by Crippen LogP contribution is 2.41. The predicted octanol–water partition coefficient (Wildman–Crippen LogP) is 2.76. The van der Waals surface area contributed by atoms with Crippen molar-refractivity contribution in [3.8, 4) is 5.75 Å². The molecule has 0 fully saturated rings. The van der Waals surface area contributed by atoms with Crippen LogP contribution in [0.4, 0.5) is 0 Å².